The third kappa shape index (κ3) is 2.73. The monoisotopic (exact) mass is 225 g/mol. The minimum Gasteiger partial charge on any atom is -0.252 e. The summed E-state index contributed by atoms with van der Waals surface area (Å²) < 4.78 is 1.74. The molecule has 0 aromatic carbocycles. The largest absolute Gasteiger partial charge is 0.252 e. The molecule has 0 saturated carbocycles. The molecule has 4 heteroatoms. The van der Waals surface area contributed by atoms with Gasteiger partial charge in [-0.1, -0.05) is 38.3 Å². The lowest BCUT2D eigenvalue weighted by Crippen LogP contribution is -2.00. The van der Waals surface area contributed by atoms with E-state index in [2.05, 4.69) is 25.0 Å². The second-order valence-corrected chi connectivity index (χ2v) is 3.91. The number of aryl methyl sites for hydroxylation is 2. The fourth-order valence-corrected chi connectivity index (χ4v) is 1.74. The molecule has 0 spiro atoms. The van der Waals surface area contributed by atoms with Gasteiger partial charge in [-0.2, -0.15) is 10.4 Å². The molecule has 0 fully saturated rings. The van der Waals surface area contributed by atoms with Crippen LogP contribution < -0.4 is 0 Å². The summed E-state index contributed by atoms with van der Waals surface area (Å²) in [6.45, 7) is 4.99. The highest BCUT2D eigenvalue weighted by atomic mass is 35.5. The van der Waals surface area contributed by atoms with E-state index in [1.54, 1.807) is 4.68 Å². The molecule has 82 valence electrons. The van der Waals surface area contributed by atoms with Gasteiger partial charge >= 0.3 is 0 Å². The highest BCUT2D eigenvalue weighted by Gasteiger charge is 2.14. The van der Waals surface area contributed by atoms with Crippen molar-refractivity contribution in [1.29, 1.82) is 5.26 Å². The minimum atomic E-state index is 0.495. The van der Waals surface area contributed by atoms with Crippen molar-refractivity contribution in [1.82, 2.24) is 9.78 Å². The normalized spacial score (nSPS) is 10.3. The molecule has 0 aliphatic carbocycles. The first-order valence-corrected chi connectivity index (χ1v) is 5.77. The van der Waals surface area contributed by atoms with Gasteiger partial charge < -0.3 is 0 Å². The van der Waals surface area contributed by atoms with E-state index in [9.17, 15) is 0 Å². The smallest absolute Gasteiger partial charge is 0.145 e. The first-order valence-electron chi connectivity index (χ1n) is 5.39. The van der Waals surface area contributed by atoms with Crippen molar-refractivity contribution in [3.8, 4) is 6.07 Å². The molecule has 0 radical (unpaired) electrons. The average Bonchev–Trinajstić information content (AvgIpc) is 2.52. The van der Waals surface area contributed by atoms with Gasteiger partial charge in [-0.3, -0.25) is 4.68 Å². The van der Waals surface area contributed by atoms with Crippen LogP contribution in [0.1, 0.15) is 44.4 Å². The van der Waals surface area contributed by atoms with Crippen LogP contribution in [0, 0.1) is 11.3 Å². The van der Waals surface area contributed by atoms with Crippen molar-refractivity contribution in [3.05, 3.63) is 16.4 Å². The molecule has 0 atom stereocenters. The Morgan fingerprint density at radius 2 is 2.13 bits per heavy atom. The fourth-order valence-electron chi connectivity index (χ4n) is 1.47. The number of aromatic nitrogens is 2. The zero-order valence-corrected chi connectivity index (χ0v) is 10.0. The van der Waals surface area contributed by atoms with E-state index < -0.39 is 0 Å². The number of hydrogen-bond donors (Lipinski definition) is 0. The molecule has 0 N–H and O–H groups in total. The van der Waals surface area contributed by atoms with Crippen molar-refractivity contribution in [2.24, 2.45) is 0 Å². The van der Waals surface area contributed by atoms with Crippen LogP contribution in [0.3, 0.4) is 0 Å². The van der Waals surface area contributed by atoms with Gasteiger partial charge in [0.1, 0.15) is 16.8 Å². The van der Waals surface area contributed by atoms with Gasteiger partial charge in [-0.25, -0.2) is 0 Å². The van der Waals surface area contributed by atoms with Gasteiger partial charge in [0.2, 0.25) is 0 Å². The van der Waals surface area contributed by atoms with Crippen LogP contribution in [0.25, 0.3) is 0 Å². The van der Waals surface area contributed by atoms with Crippen LogP contribution in [-0.4, -0.2) is 9.78 Å². The predicted molar refractivity (Wildman–Crippen MR) is 60.9 cm³/mol. The van der Waals surface area contributed by atoms with Crippen LogP contribution in [0.2, 0.25) is 5.15 Å². The highest BCUT2D eigenvalue weighted by molar-refractivity contribution is 6.30. The van der Waals surface area contributed by atoms with Crippen molar-refractivity contribution >= 4 is 11.6 Å². The Hall–Kier alpha value is -1.01. The molecule has 0 amide bonds. The van der Waals surface area contributed by atoms with Crippen LogP contribution in [0.15, 0.2) is 0 Å². The van der Waals surface area contributed by atoms with Crippen LogP contribution >= 0.6 is 11.6 Å². The van der Waals surface area contributed by atoms with Gasteiger partial charge in [0.15, 0.2) is 0 Å². The maximum Gasteiger partial charge on any atom is 0.145 e. The Morgan fingerprint density at radius 1 is 1.40 bits per heavy atom. The molecule has 1 aromatic rings. The van der Waals surface area contributed by atoms with Gasteiger partial charge in [-0.15, -0.1) is 0 Å². The van der Waals surface area contributed by atoms with Gasteiger partial charge in [-0.05, 0) is 12.8 Å². The number of nitriles is 1. The Morgan fingerprint density at radius 3 is 2.67 bits per heavy atom. The molecule has 1 aromatic heterocycles. The molecule has 1 rings (SSSR count). The summed E-state index contributed by atoms with van der Waals surface area (Å²) in [5, 5.41) is 13.8. The summed E-state index contributed by atoms with van der Waals surface area (Å²) in [5.74, 6) is 0. The standard InChI is InChI=1S/C11H16ClN3/c1-3-5-7-15-11(12)9(8-13)10(14-15)6-4-2/h3-7H2,1-2H3. The van der Waals surface area contributed by atoms with E-state index in [1.165, 1.54) is 0 Å². The van der Waals surface area contributed by atoms with E-state index in [4.69, 9.17) is 16.9 Å². The summed E-state index contributed by atoms with van der Waals surface area (Å²) in [6.07, 6.45) is 3.94. The van der Waals surface area contributed by atoms with Crippen molar-refractivity contribution in [2.75, 3.05) is 0 Å². The number of unbranched alkanes of at least 4 members (excludes halogenated alkanes) is 1. The molecule has 0 unspecified atom stereocenters. The Labute approximate surface area is 95.7 Å². The van der Waals surface area contributed by atoms with E-state index in [-0.39, 0.29) is 0 Å². The highest BCUT2D eigenvalue weighted by Crippen LogP contribution is 2.20. The third-order valence-corrected chi connectivity index (χ3v) is 2.67. The summed E-state index contributed by atoms with van der Waals surface area (Å²) in [6, 6.07) is 2.13. The number of nitrogens with zero attached hydrogens (tertiary/aromatic N) is 3. The van der Waals surface area contributed by atoms with Gasteiger partial charge in [0.25, 0.3) is 0 Å². The molecule has 0 aliphatic rings. The molecule has 15 heavy (non-hydrogen) atoms. The maximum absolute atomic E-state index is 8.98. The zero-order valence-electron chi connectivity index (χ0n) is 9.26. The van der Waals surface area contributed by atoms with Crippen LogP contribution in [-0.2, 0) is 13.0 Å². The van der Waals surface area contributed by atoms with Gasteiger partial charge in [0, 0.05) is 6.54 Å². The third-order valence-electron chi connectivity index (χ3n) is 2.28. The molecule has 0 saturated heterocycles. The van der Waals surface area contributed by atoms with E-state index in [1.807, 2.05) is 0 Å². The predicted octanol–water partition coefficient (Wildman–Crippen LogP) is 3.16. The minimum absolute atomic E-state index is 0.495. The summed E-state index contributed by atoms with van der Waals surface area (Å²) >= 11 is 6.08. The SMILES string of the molecule is CCCCn1nc(CCC)c(C#N)c1Cl. The average molecular weight is 226 g/mol. The lowest BCUT2D eigenvalue weighted by Gasteiger charge is -1.99. The van der Waals surface area contributed by atoms with Crippen molar-refractivity contribution < 1.29 is 0 Å². The maximum atomic E-state index is 8.98. The lowest BCUT2D eigenvalue weighted by atomic mass is 10.2. The second-order valence-electron chi connectivity index (χ2n) is 3.55. The topological polar surface area (TPSA) is 41.6 Å². The van der Waals surface area contributed by atoms with Gasteiger partial charge in [0.05, 0.1) is 5.69 Å². The quantitative estimate of drug-likeness (QED) is 0.773. The van der Waals surface area contributed by atoms with E-state index in [0.29, 0.717) is 10.7 Å². The van der Waals surface area contributed by atoms with E-state index >= 15 is 0 Å². The summed E-state index contributed by atoms with van der Waals surface area (Å²) in [7, 11) is 0. The molecule has 1 heterocycles. The zero-order chi connectivity index (χ0) is 11.3. The molecular weight excluding hydrogens is 210 g/mol. The van der Waals surface area contributed by atoms with E-state index in [0.717, 1.165) is 37.9 Å². The first-order chi connectivity index (χ1) is 7.24. The molecule has 0 bridgehead atoms. The second kappa shape index (κ2) is 5.77. The van der Waals surface area contributed by atoms with Crippen molar-refractivity contribution in [2.45, 2.75) is 46.1 Å². The molecule has 0 aliphatic heterocycles. The summed E-state index contributed by atoms with van der Waals surface area (Å²) in [5.41, 5.74) is 1.38. The Bertz CT molecular complexity index is 363. The van der Waals surface area contributed by atoms with Crippen LogP contribution in [0.5, 0.6) is 0 Å². The van der Waals surface area contributed by atoms with Crippen LogP contribution in [0.4, 0.5) is 0 Å². The number of hydrogen-bond acceptors (Lipinski definition) is 2. The Balaban J connectivity index is 2.94. The van der Waals surface area contributed by atoms with Crippen molar-refractivity contribution in [3.63, 3.8) is 0 Å². The number of halogens is 1. The molecule has 3 nitrogen and oxygen atoms in total. The Kier molecular flexibility index (Phi) is 4.64. The number of rotatable bonds is 5. The first kappa shape index (κ1) is 12.1. The fraction of sp³-hybridized carbons (Fsp3) is 0.636. The summed E-state index contributed by atoms with van der Waals surface area (Å²) in [4.78, 5) is 0. The molecular formula is C11H16ClN3. The lowest BCUT2D eigenvalue weighted by molar-refractivity contribution is 0.565.